The van der Waals surface area contributed by atoms with Crippen molar-refractivity contribution < 1.29 is 33.4 Å². The van der Waals surface area contributed by atoms with Crippen LogP contribution in [0.25, 0.3) is 0 Å². The number of anilines is 1. The molecule has 4 rings (SSSR count). The number of carbonyl (C=O) groups is 4. The molecular weight excluding hydrogens is 464 g/mol. The van der Waals surface area contributed by atoms with Crippen molar-refractivity contribution in [3.05, 3.63) is 88.0 Å². The van der Waals surface area contributed by atoms with Gasteiger partial charge < -0.3 is 25.3 Å². The van der Waals surface area contributed by atoms with Gasteiger partial charge in [0.2, 0.25) is 0 Å². The van der Waals surface area contributed by atoms with Gasteiger partial charge in [-0.1, -0.05) is 24.3 Å². The third kappa shape index (κ3) is 4.38. The standard InChI is InChI=1S/C27H24N2O7/c1-14(20-12-15(34-2)8-11-21(20)35-3)29-22(30)13-36-27(33)19-10-9-18-23(24(19)28)26(32)17-7-5-4-6-16(17)25(18)31/h4-12,14H,13,28H2,1-3H3,(H,29,30). The summed E-state index contributed by atoms with van der Waals surface area (Å²) in [7, 11) is 3.05. The van der Waals surface area contributed by atoms with Crippen LogP contribution in [0.15, 0.2) is 54.6 Å². The van der Waals surface area contributed by atoms with Gasteiger partial charge in [0.1, 0.15) is 11.5 Å². The Bertz CT molecular complexity index is 1400. The molecular formula is C27H24N2O7. The second-order valence-corrected chi connectivity index (χ2v) is 8.13. The van der Waals surface area contributed by atoms with Crippen LogP contribution >= 0.6 is 0 Å². The minimum Gasteiger partial charge on any atom is -0.497 e. The topological polar surface area (TPSA) is 134 Å². The molecule has 0 saturated carbocycles. The van der Waals surface area contributed by atoms with Crippen molar-refractivity contribution >= 4 is 29.1 Å². The fourth-order valence-electron chi connectivity index (χ4n) is 4.14. The number of nitrogens with one attached hydrogen (secondary N) is 1. The van der Waals surface area contributed by atoms with Gasteiger partial charge in [0, 0.05) is 22.3 Å². The maximum Gasteiger partial charge on any atom is 0.340 e. The molecule has 0 spiro atoms. The molecule has 36 heavy (non-hydrogen) atoms. The lowest BCUT2D eigenvalue weighted by Crippen LogP contribution is -2.31. The van der Waals surface area contributed by atoms with Crippen molar-refractivity contribution in [3.63, 3.8) is 0 Å². The fourth-order valence-corrected chi connectivity index (χ4v) is 4.14. The van der Waals surface area contributed by atoms with Gasteiger partial charge in [-0.3, -0.25) is 14.4 Å². The highest BCUT2D eigenvalue weighted by Crippen LogP contribution is 2.33. The largest absolute Gasteiger partial charge is 0.497 e. The van der Waals surface area contributed by atoms with Crippen molar-refractivity contribution in [1.29, 1.82) is 0 Å². The molecule has 9 heteroatoms. The number of nitrogen functional groups attached to an aromatic ring is 1. The van der Waals surface area contributed by atoms with E-state index < -0.39 is 30.3 Å². The number of carbonyl (C=O) groups excluding carboxylic acids is 4. The van der Waals surface area contributed by atoms with Crippen LogP contribution in [0.3, 0.4) is 0 Å². The van der Waals surface area contributed by atoms with Crippen LogP contribution in [0.1, 0.15) is 60.7 Å². The Morgan fingerprint density at radius 2 is 1.61 bits per heavy atom. The van der Waals surface area contributed by atoms with E-state index in [2.05, 4.69) is 5.32 Å². The monoisotopic (exact) mass is 488 g/mol. The van der Waals surface area contributed by atoms with Gasteiger partial charge in [-0.2, -0.15) is 0 Å². The van der Waals surface area contributed by atoms with E-state index in [-0.39, 0.29) is 39.3 Å². The van der Waals surface area contributed by atoms with Gasteiger partial charge in [0.25, 0.3) is 5.91 Å². The van der Waals surface area contributed by atoms with Crippen LogP contribution < -0.4 is 20.5 Å². The van der Waals surface area contributed by atoms with E-state index in [1.54, 1.807) is 43.3 Å². The first-order chi connectivity index (χ1) is 17.3. The van der Waals surface area contributed by atoms with E-state index in [1.807, 2.05) is 0 Å². The molecule has 3 N–H and O–H groups in total. The maximum absolute atomic E-state index is 13.0. The Hall–Kier alpha value is -4.66. The average molecular weight is 488 g/mol. The van der Waals surface area contributed by atoms with Gasteiger partial charge in [-0.05, 0) is 37.3 Å². The third-order valence-electron chi connectivity index (χ3n) is 5.97. The SMILES string of the molecule is COc1ccc(OC)c(C(C)NC(=O)COC(=O)c2ccc3c(c2N)C(=O)c2ccccc2C3=O)c1. The minimum atomic E-state index is -0.892. The maximum atomic E-state index is 13.0. The summed E-state index contributed by atoms with van der Waals surface area (Å²) in [5.41, 5.74) is 7.11. The van der Waals surface area contributed by atoms with Crippen molar-refractivity contribution in [3.8, 4) is 11.5 Å². The predicted octanol–water partition coefficient (Wildman–Crippen LogP) is 3.10. The van der Waals surface area contributed by atoms with Crippen LogP contribution in [0.5, 0.6) is 11.5 Å². The summed E-state index contributed by atoms with van der Waals surface area (Å²) in [5, 5.41) is 2.74. The number of esters is 1. The van der Waals surface area contributed by atoms with Gasteiger partial charge >= 0.3 is 5.97 Å². The highest BCUT2D eigenvalue weighted by atomic mass is 16.5. The molecule has 1 unspecified atom stereocenters. The molecule has 0 bridgehead atoms. The number of hydrogen-bond acceptors (Lipinski definition) is 8. The van der Waals surface area contributed by atoms with Crippen LogP contribution in [-0.4, -0.2) is 44.3 Å². The van der Waals surface area contributed by atoms with Crippen molar-refractivity contribution in [2.75, 3.05) is 26.6 Å². The molecule has 3 aromatic rings. The van der Waals surface area contributed by atoms with Crippen LogP contribution in [-0.2, 0) is 9.53 Å². The molecule has 1 amide bonds. The first kappa shape index (κ1) is 24.5. The number of nitrogens with two attached hydrogens (primary N) is 1. The zero-order valence-electron chi connectivity index (χ0n) is 19.9. The summed E-state index contributed by atoms with van der Waals surface area (Å²) in [6, 6.07) is 13.8. The number of rotatable bonds is 7. The Balaban J connectivity index is 1.47. The Kier molecular flexibility index (Phi) is 6.73. The Morgan fingerprint density at radius 3 is 2.28 bits per heavy atom. The molecule has 1 atom stereocenters. The van der Waals surface area contributed by atoms with Crippen molar-refractivity contribution in [2.45, 2.75) is 13.0 Å². The number of fused-ring (bicyclic) bond motifs is 2. The van der Waals surface area contributed by atoms with E-state index in [0.717, 1.165) is 0 Å². The van der Waals surface area contributed by atoms with Gasteiger partial charge in [-0.25, -0.2) is 4.79 Å². The lowest BCUT2D eigenvalue weighted by molar-refractivity contribution is -0.124. The molecule has 1 aliphatic rings. The quantitative estimate of drug-likeness (QED) is 0.299. The van der Waals surface area contributed by atoms with Crippen LogP contribution in [0, 0.1) is 0 Å². The molecule has 0 fully saturated rings. The van der Waals surface area contributed by atoms with Crippen molar-refractivity contribution in [1.82, 2.24) is 5.32 Å². The molecule has 0 heterocycles. The first-order valence-electron chi connectivity index (χ1n) is 11.1. The summed E-state index contributed by atoms with van der Waals surface area (Å²) < 4.78 is 15.7. The summed E-state index contributed by atoms with van der Waals surface area (Å²) in [4.78, 5) is 51.0. The molecule has 3 aromatic carbocycles. The molecule has 0 saturated heterocycles. The highest BCUT2D eigenvalue weighted by Gasteiger charge is 2.33. The zero-order chi connectivity index (χ0) is 26.0. The van der Waals surface area contributed by atoms with Crippen LogP contribution in [0.2, 0.25) is 0 Å². The summed E-state index contributed by atoms with van der Waals surface area (Å²) in [5.74, 6) is -1.10. The number of benzene rings is 3. The second-order valence-electron chi connectivity index (χ2n) is 8.13. The lowest BCUT2D eigenvalue weighted by Gasteiger charge is -2.20. The normalized spacial score (nSPS) is 12.8. The highest BCUT2D eigenvalue weighted by molar-refractivity contribution is 6.30. The van der Waals surface area contributed by atoms with E-state index >= 15 is 0 Å². The lowest BCUT2D eigenvalue weighted by atomic mass is 9.82. The van der Waals surface area contributed by atoms with E-state index in [4.69, 9.17) is 19.9 Å². The molecule has 9 nitrogen and oxygen atoms in total. The fraction of sp³-hybridized carbons (Fsp3) is 0.185. The minimum absolute atomic E-state index is 0.0451. The Morgan fingerprint density at radius 1 is 0.917 bits per heavy atom. The van der Waals surface area contributed by atoms with Gasteiger partial charge in [0.15, 0.2) is 18.2 Å². The molecule has 184 valence electrons. The number of ether oxygens (including phenoxy) is 3. The number of amides is 1. The van der Waals surface area contributed by atoms with E-state index in [0.29, 0.717) is 17.1 Å². The molecule has 0 aromatic heterocycles. The smallest absolute Gasteiger partial charge is 0.340 e. The summed E-state index contributed by atoms with van der Waals surface area (Å²) >= 11 is 0. The van der Waals surface area contributed by atoms with E-state index in [1.165, 1.54) is 32.4 Å². The average Bonchev–Trinajstić information content (AvgIpc) is 2.89. The van der Waals surface area contributed by atoms with E-state index in [9.17, 15) is 19.2 Å². The van der Waals surface area contributed by atoms with Crippen LogP contribution in [0.4, 0.5) is 5.69 Å². The predicted molar refractivity (Wildman–Crippen MR) is 131 cm³/mol. The zero-order valence-corrected chi connectivity index (χ0v) is 19.9. The molecule has 0 radical (unpaired) electrons. The summed E-state index contributed by atoms with van der Waals surface area (Å²) in [6.07, 6.45) is 0. The van der Waals surface area contributed by atoms with Gasteiger partial charge in [0.05, 0.1) is 37.1 Å². The Labute approximate surface area is 207 Å². The number of hydrogen-bond donors (Lipinski definition) is 2. The van der Waals surface area contributed by atoms with Gasteiger partial charge in [-0.15, -0.1) is 0 Å². The molecule has 0 aliphatic heterocycles. The summed E-state index contributed by atoms with van der Waals surface area (Å²) in [6.45, 7) is 1.17. The third-order valence-corrected chi connectivity index (χ3v) is 5.97. The second kappa shape index (κ2) is 9.91. The number of methoxy groups -OCH3 is 2. The molecule has 1 aliphatic carbocycles. The first-order valence-corrected chi connectivity index (χ1v) is 11.1. The van der Waals surface area contributed by atoms with Crippen molar-refractivity contribution in [2.24, 2.45) is 0 Å². The number of ketones is 2.